The summed E-state index contributed by atoms with van der Waals surface area (Å²) < 4.78 is 10.5. The van der Waals surface area contributed by atoms with Crippen molar-refractivity contribution in [2.45, 2.75) is 19.8 Å². The summed E-state index contributed by atoms with van der Waals surface area (Å²) in [6, 6.07) is 5.22. The van der Waals surface area contributed by atoms with E-state index in [1.807, 2.05) is 0 Å². The van der Waals surface area contributed by atoms with E-state index in [-0.39, 0.29) is 5.78 Å². The van der Waals surface area contributed by atoms with Crippen LogP contribution < -0.4 is 4.74 Å². The van der Waals surface area contributed by atoms with E-state index >= 15 is 0 Å². The highest BCUT2D eigenvalue weighted by Gasteiger charge is 2.33. The molecule has 6 nitrogen and oxygen atoms in total. The van der Waals surface area contributed by atoms with E-state index in [4.69, 9.17) is 21.1 Å². The molecule has 0 aliphatic carbocycles. The van der Waals surface area contributed by atoms with Gasteiger partial charge in [0.2, 0.25) is 5.88 Å². The third kappa shape index (κ3) is 5.48. The summed E-state index contributed by atoms with van der Waals surface area (Å²) in [5, 5.41) is 0.398. The maximum atomic E-state index is 11.8. The highest BCUT2D eigenvalue weighted by atomic mass is 35.5. The number of halogens is 1. The Balaban J connectivity index is 1.73. The Morgan fingerprint density at radius 1 is 1.48 bits per heavy atom. The van der Waals surface area contributed by atoms with Gasteiger partial charge in [0.1, 0.15) is 16.9 Å². The lowest BCUT2D eigenvalue weighted by atomic mass is 9.96. The van der Waals surface area contributed by atoms with Crippen molar-refractivity contribution in [1.29, 1.82) is 0 Å². The highest BCUT2D eigenvalue weighted by Crippen LogP contribution is 2.16. The lowest BCUT2D eigenvalue weighted by Gasteiger charge is -2.30. The summed E-state index contributed by atoms with van der Waals surface area (Å²) in [6.45, 7) is 4.39. The fourth-order valence-corrected chi connectivity index (χ4v) is 2.64. The molecule has 1 saturated heterocycles. The molecule has 1 unspecified atom stereocenters. The van der Waals surface area contributed by atoms with E-state index < -0.39 is 11.9 Å². The molecule has 1 aliphatic heterocycles. The van der Waals surface area contributed by atoms with Gasteiger partial charge in [0.15, 0.2) is 0 Å². The number of carbonyl (C=O) groups is 2. The predicted octanol–water partition coefficient (Wildman–Crippen LogP) is 1.96. The molecule has 0 amide bonds. The lowest BCUT2D eigenvalue weighted by Crippen LogP contribution is -2.45. The number of ether oxygens (including phenoxy) is 2. The van der Waals surface area contributed by atoms with Gasteiger partial charge in [-0.2, -0.15) is 0 Å². The van der Waals surface area contributed by atoms with Crippen molar-refractivity contribution in [3.8, 4) is 5.88 Å². The second-order valence-electron chi connectivity index (χ2n) is 5.32. The summed E-state index contributed by atoms with van der Waals surface area (Å²) in [6.07, 6.45) is 1.16. The number of rotatable bonds is 7. The topological polar surface area (TPSA) is 68.7 Å². The van der Waals surface area contributed by atoms with Crippen molar-refractivity contribution >= 4 is 23.4 Å². The molecule has 0 bridgehead atoms. The first-order chi connectivity index (χ1) is 11.1. The van der Waals surface area contributed by atoms with Crippen molar-refractivity contribution in [2.75, 3.05) is 32.8 Å². The normalized spacial score (nSPS) is 18.7. The van der Waals surface area contributed by atoms with Gasteiger partial charge in [0, 0.05) is 32.1 Å². The molecule has 1 aromatic heterocycles. The smallest absolute Gasteiger partial charge is 0.317 e. The van der Waals surface area contributed by atoms with Gasteiger partial charge in [-0.05, 0) is 19.4 Å². The molecule has 126 valence electrons. The highest BCUT2D eigenvalue weighted by molar-refractivity contribution is 6.29. The molecule has 0 saturated carbocycles. The Bertz CT molecular complexity index is 553. The molecule has 23 heavy (non-hydrogen) atoms. The Kier molecular flexibility index (Phi) is 6.80. The molecule has 0 aromatic carbocycles. The number of carbonyl (C=O) groups excluding carboxylic acids is 2. The Morgan fingerprint density at radius 3 is 3.04 bits per heavy atom. The van der Waals surface area contributed by atoms with Crippen LogP contribution in [0.3, 0.4) is 0 Å². The maximum absolute atomic E-state index is 11.8. The minimum atomic E-state index is -0.654. The van der Waals surface area contributed by atoms with Crippen LogP contribution in [0.1, 0.15) is 19.8 Å². The summed E-state index contributed by atoms with van der Waals surface area (Å²) >= 11 is 5.79. The van der Waals surface area contributed by atoms with Crippen LogP contribution in [0.5, 0.6) is 5.88 Å². The van der Waals surface area contributed by atoms with Gasteiger partial charge >= 0.3 is 5.97 Å². The first kappa shape index (κ1) is 17.7. The van der Waals surface area contributed by atoms with Gasteiger partial charge in [0.05, 0.1) is 13.2 Å². The monoisotopic (exact) mass is 340 g/mol. The van der Waals surface area contributed by atoms with Crippen LogP contribution in [0.25, 0.3) is 0 Å². The van der Waals surface area contributed by atoms with Crippen LogP contribution in [0.15, 0.2) is 18.2 Å². The van der Waals surface area contributed by atoms with Crippen LogP contribution in [0.2, 0.25) is 5.15 Å². The molecule has 1 atom stereocenters. The van der Waals surface area contributed by atoms with Crippen molar-refractivity contribution < 1.29 is 19.1 Å². The van der Waals surface area contributed by atoms with E-state index in [0.29, 0.717) is 43.8 Å². The number of likely N-dealkylation sites (tertiary alicyclic amines) is 1. The van der Waals surface area contributed by atoms with Crippen molar-refractivity contribution in [1.82, 2.24) is 9.88 Å². The Hall–Kier alpha value is -1.66. The first-order valence-corrected chi connectivity index (χ1v) is 8.15. The van der Waals surface area contributed by atoms with Crippen molar-refractivity contribution in [2.24, 2.45) is 5.92 Å². The minimum absolute atomic E-state index is 0.0286. The average Bonchev–Trinajstić information content (AvgIpc) is 2.53. The third-order valence-corrected chi connectivity index (χ3v) is 3.84. The van der Waals surface area contributed by atoms with Gasteiger partial charge in [-0.25, -0.2) is 4.98 Å². The van der Waals surface area contributed by atoms with Gasteiger partial charge < -0.3 is 14.4 Å². The average molecular weight is 341 g/mol. The number of hydrogen-bond donors (Lipinski definition) is 0. The number of Topliss-reactive ketones (excluding diaryl/α,β-unsaturated/α-hetero) is 1. The van der Waals surface area contributed by atoms with Gasteiger partial charge in [-0.15, -0.1) is 0 Å². The van der Waals surface area contributed by atoms with E-state index in [1.54, 1.807) is 25.1 Å². The Morgan fingerprint density at radius 2 is 2.30 bits per heavy atom. The van der Waals surface area contributed by atoms with E-state index in [1.165, 1.54) is 0 Å². The fraction of sp³-hybridized carbons (Fsp3) is 0.562. The number of aromatic nitrogens is 1. The van der Waals surface area contributed by atoms with Crippen molar-refractivity contribution in [3.05, 3.63) is 23.4 Å². The number of nitrogens with zero attached hydrogens (tertiary/aromatic N) is 2. The second kappa shape index (κ2) is 8.84. The van der Waals surface area contributed by atoms with Gasteiger partial charge in [0.25, 0.3) is 0 Å². The summed E-state index contributed by atoms with van der Waals surface area (Å²) in [5.41, 5.74) is 0. The first-order valence-electron chi connectivity index (χ1n) is 7.77. The number of hydrogen-bond acceptors (Lipinski definition) is 6. The van der Waals surface area contributed by atoms with Crippen LogP contribution in [0.4, 0.5) is 0 Å². The quantitative estimate of drug-likeness (QED) is 0.327. The zero-order valence-electron chi connectivity index (χ0n) is 13.2. The molecule has 7 heteroatoms. The SMILES string of the molecule is CCOC(=O)C1CN(CCCOc2cccc(Cl)n2)CCC1=O. The van der Waals surface area contributed by atoms with Crippen LogP contribution in [0, 0.1) is 5.92 Å². The van der Waals surface area contributed by atoms with Crippen LogP contribution in [-0.4, -0.2) is 54.5 Å². The van der Waals surface area contributed by atoms with Crippen LogP contribution >= 0.6 is 11.6 Å². The molecule has 0 N–H and O–H groups in total. The number of pyridine rings is 1. The molecular formula is C16H21ClN2O4. The van der Waals surface area contributed by atoms with E-state index in [0.717, 1.165) is 13.0 Å². The van der Waals surface area contributed by atoms with Gasteiger partial charge in [-0.1, -0.05) is 17.7 Å². The maximum Gasteiger partial charge on any atom is 0.317 e. The second-order valence-corrected chi connectivity index (χ2v) is 5.71. The fourth-order valence-electron chi connectivity index (χ4n) is 2.48. The zero-order chi connectivity index (χ0) is 16.7. The van der Waals surface area contributed by atoms with E-state index in [9.17, 15) is 9.59 Å². The van der Waals surface area contributed by atoms with Crippen molar-refractivity contribution in [3.63, 3.8) is 0 Å². The number of esters is 1. The predicted molar refractivity (Wildman–Crippen MR) is 85.5 cm³/mol. The molecular weight excluding hydrogens is 320 g/mol. The molecule has 1 aliphatic rings. The third-order valence-electron chi connectivity index (χ3n) is 3.63. The molecule has 0 spiro atoms. The molecule has 0 radical (unpaired) electrons. The summed E-state index contributed by atoms with van der Waals surface area (Å²) in [4.78, 5) is 29.8. The summed E-state index contributed by atoms with van der Waals surface area (Å²) in [5.74, 6) is -0.601. The van der Waals surface area contributed by atoms with E-state index in [2.05, 4.69) is 9.88 Å². The lowest BCUT2D eigenvalue weighted by molar-refractivity contribution is -0.153. The van der Waals surface area contributed by atoms with Gasteiger partial charge in [-0.3, -0.25) is 9.59 Å². The standard InChI is InChI=1S/C16H21ClN2O4/c1-2-22-16(21)12-11-19(9-7-13(12)20)8-4-10-23-15-6-3-5-14(17)18-15/h3,5-6,12H,2,4,7-11H2,1H3. The molecule has 2 heterocycles. The zero-order valence-corrected chi connectivity index (χ0v) is 13.9. The largest absolute Gasteiger partial charge is 0.478 e. The number of piperidine rings is 1. The molecule has 1 aromatic rings. The summed E-state index contributed by atoms with van der Waals surface area (Å²) in [7, 11) is 0. The molecule has 2 rings (SSSR count). The Labute approximate surface area is 140 Å². The molecule has 1 fully saturated rings. The van der Waals surface area contributed by atoms with Crippen LogP contribution in [-0.2, 0) is 14.3 Å². The minimum Gasteiger partial charge on any atom is -0.478 e. The number of ketones is 1.